The van der Waals surface area contributed by atoms with Crippen LogP contribution in [0.3, 0.4) is 0 Å². The molecule has 0 spiro atoms. The van der Waals surface area contributed by atoms with Gasteiger partial charge < -0.3 is 9.73 Å². The third kappa shape index (κ3) is 5.06. The number of anilines is 1. The summed E-state index contributed by atoms with van der Waals surface area (Å²) in [6.07, 6.45) is 5.60. The molecule has 1 N–H and O–H groups in total. The van der Waals surface area contributed by atoms with E-state index in [1.165, 1.54) is 0 Å². The summed E-state index contributed by atoms with van der Waals surface area (Å²) < 4.78 is 5.05. The molecule has 0 aromatic carbocycles. The van der Waals surface area contributed by atoms with Crippen LogP contribution in [0.2, 0.25) is 0 Å². The zero-order valence-corrected chi connectivity index (χ0v) is 8.79. The van der Waals surface area contributed by atoms with Crippen LogP contribution in [0.4, 0.5) is 6.01 Å². The molecule has 1 heterocycles. The second-order valence-electron chi connectivity index (χ2n) is 2.24. The Morgan fingerprint density at radius 1 is 1.54 bits per heavy atom. The van der Waals surface area contributed by atoms with Crippen LogP contribution in [0.5, 0.6) is 0 Å². The van der Waals surface area contributed by atoms with Crippen LogP contribution >= 0.6 is 0 Å². The van der Waals surface area contributed by atoms with Gasteiger partial charge in [0.25, 0.3) is 6.01 Å². The first kappa shape index (κ1) is 11.8. The van der Waals surface area contributed by atoms with Crippen molar-refractivity contribution in [2.45, 2.75) is 27.7 Å². The summed E-state index contributed by atoms with van der Waals surface area (Å²) in [6, 6.07) is 0.584. The number of nitrogens with one attached hydrogen (secondary N) is 1. The third-order valence-corrected chi connectivity index (χ3v) is 1.23. The Morgan fingerprint density at radius 2 is 2.23 bits per heavy atom. The highest BCUT2D eigenvalue weighted by Crippen LogP contribution is 2.04. The molecule has 13 heavy (non-hydrogen) atoms. The number of rotatable bonds is 3. The molecule has 1 aromatic rings. The van der Waals surface area contributed by atoms with Gasteiger partial charge in [-0.2, -0.15) is 4.98 Å². The van der Waals surface area contributed by atoms with Crippen LogP contribution in [-0.2, 0) is 0 Å². The van der Waals surface area contributed by atoms with E-state index in [9.17, 15) is 0 Å². The van der Waals surface area contributed by atoms with Crippen molar-refractivity contribution in [3.63, 3.8) is 0 Å². The van der Waals surface area contributed by atoms with Crippen LogP contribution in [0.25, 0.3) is 0 Å². The highest BCUT2D eigenvalue weighted by molar-refractivity contribution is 5.21. The number of hydrogen-bond acceptors (Lipinski definition) is 3. The second kappa shape index (κ2) is 7.40. The van der Waals surface area contributed by atoms with Crippen LogP contribution in [-0.4, -0.2) is 11.5 Å². The van der Waals surface area contributed by atoms with Crippen LogP contribution in [0, 0.1) is 6.92 Å². The zero-order valence-electron chi connectivity index (χ0n) is 8.79. The fourth-order valence-corrected chi connectivity index (χ4v) is 0.699. The predicted octanol–water partition coefficient (Wildman–Crippen LogP) is 3.00. The SMILES string of the molecule is C/C=C/CNc1nc(C)co1.CC. The number of hydrogen-bond donors (Lipinski definition) is 1. The van der Waals surface area contributed by atoms with Gasteiger partial charge in [0.05, 0.1) is 5.69 Å². The highest BCUT2D eigenvalue weighted by Gasteiger charge is 1.95. The number of allylic oxidation sites excluding steroid dienone is 1. The van der Waals surface area contributed by atoms with Gasteiger partial charge in [-0.05, 0) is 13.8 Å². The Kier molecular flexibility index (Phi) is 6.69. The van der Waals surface area contributed by atoms with Crippen molar-refractivity contribution < 1.29 is 4.42 Å². The van der Waals surface area contributed by atoms with Crippen molar-refractivity contribution in [1.82, 2.24) is 4.98 Å². The summed E-state index contributed by atoms with van der Waals surface area (Å²) >= 11 is 0. The Bertz CT molecular complexity index is 241. The van der Waals surface area contributed by atoms with E-state index in [1.807, 2.05) is 39.8 Å². The van der Waals surface area contributed by atoms with Gasteiger partial charge in [0.2, 0.25) is 0 Å². The summed E-state index contributed by atoms with van der Waals surface area (Å²) in [7, 11) is 0. The topological polar surface area (TPSA) is 38.1 Å². The third-order valence-electron chi connectivity index (χ3n) is 1.23. The molecular weight excluding hydrogens is 164 g/mol. The molecule has 0 bridgehead atoms. The molecular formula is C10H18N2O. The highest BCUT2D eigenvalue weighted by atomic mass is 16.4. The Labute approximate surface area is 79.9 Å². The van der Waals surface area contributed by atoms with Gasteiger partial charge >= 0.3 is 0 Å². The van der Waals surface area contributed by atoms with Gasteiger partial charge in [-0.15, -0.1) is 0 Å². The molecule has 0 saturated heterocycles. The molecule has 3 heteroatoms. The van der Waals surface area contributed by atoms with Crippen LogP contribution in [0.15, 0.2) is 22.8 Å². The first-order chi connectivity index (χ1) is 6.33. The van der Waals surface area contributed by atoms with Crippen molar-refractivity contribution in [2.75, 3.05) is 11.9 Å². The van der Waals surface area contributed by atoms with Gasteiger partial charge in [0, 0.05) is 6.54 Å². The smallest absolute Gasteiger partial charge is 0.294 e. The fourth-order valence-electron chi connectivity index (χ4n) is 0.699. The Morgan fingerprint density at radius 3 is 2.69 bits per heavy atom. The van der Waals surface area contributed by atoms with Gasteiger partial charge in [-0.1, -0.05) is 26.0 Å². The van der Waals surface area contributed by atoms with Gasteiger partial charge in [0.15, 0.2) is 0 Å². The lowest BCUT2D eigenvalue weighted by molar-refractivity contribution is 0.572. The lowest BCUT2D eigenvalue weighted by Gasteiger charge is -1.93. The molecule has 1 aromatic heterocycles. The van der Waals surface area contributed by atoms with Crippen molar-refractivity contribution in [1.29, 1.82) is 0 Å². The minimum Gasteiger partial charge on any atom is -0.432 e. The predicted molar refractivity (Wildman–Crippen MR) is 55.9 cm³/mol. The molecule has 74 valence electrons. The van der Waals surface area contributed by atoms with Crippen LogP contribution in [0.1, 0.15) is 26.5 Å². The number of nitrogens with zero attached hydrogens (tertiary/aromatic N) is 1. The molecule has 0 unspecified atom stereocenters. The largest absolute Gasteiger partial charge is 0.432 e. The average Bonchev–Trinajstić information content (AvgIpc) is 2.56. The number of aryl methyl sites for hydroxylation is 1. The molecule has 0 aliphatic carbocycles. The molecule has 0 aliphatic heterocycles. The maximum absolute atomic E-state index is 5.05. The van der Waals surface area contributed by atoms with E-state index >= 15 is 0 Å². The minimum absolute atomic E-state index is 0.584. The number of oxazole rings is 1. The van der Waals surface area contributed by atoms with E-state index < -0.39 is 0 Å². The summed E-state index contributed by atoms with van der Waals surface area (Å²) in [5, 5.41) is 3.00. The number of aromatic nitrogens is 1. The molecule has 0 atom stereocenters. The molecule has 0 saturated carbocycles. The Balaban J connectivity index is 0.000000671. The second-order valence-corrected chi connectivity index (χ2v) is 2.24. The normalized spacial score (nSPS) is 9.54. The first-order valence-electron chi connectivity index (χ1n) is 4.60. The fraction of sp³-hybridized carbons (Fsp3) is 0.500. The summed E-state index contributed by atoms with van der Waals surface area (Å²) in [6.45, 7) is 8.63. The van der Waals surface area contributed by atoms with Gasteiger partial charge in [-0.3, -0.25) is 0 Å². The van der Waals surface area contributed by atoms with Gasteiger partial charge in [-0.25, -0.2) is 0 Å². The molecule has 0 aliphatic rings. The molecule has 0 fully saturated rings. The van der Waals surface area contributed by atoms with E-state index in [0.717, 1.165) is 12.2 Å². The monoisotopic (exact) mass is 182 g/mol. The maximum Gasteiger partial charge on any atom is 0.294 e. The van der Waals surface area contributed by atoms with E-state index in [1.54, 1.807) is 6.26 Å². The molecule has 3 nitrogen and oxygen atoms in total. The minimum atomic E-state index is 0.584. The summed E-state index contributed by atoms with van der Waals surface area (Å²) in [5.41, 5.74) is 0.896. The summed E-state index contributed by atoms with van der Waals surface area (Å²) in [4.78, 5) is 4.07. The molecule has 1 rings (SSSR count). The van der Waals surface area contributed by atoms with Gasteiger partial charge in [0.1, 0.15) is 6.26 Å². The van der Waals surface area contributed by atoms with Crippen molar-refractivity contribution in [3.05, 3.63) is 24.1 Å². The lowest BCUT2D eigenvalue weighted by Crippen LogP contribution is -1.97. The quantitative estimate of drug-likeness (QED) is 0.730. The molecule has 0 amide bonds. The average molecular weight is 182 g/mol. The van der Waals surface area contributed by atoms with Crippen molar-refractivity contribution in [2.24, 2.45) is 0 Å². The van der Waals surface area contributed by atoms with E-state index in [-0.39, 0.29) is 0 Å². The van der Waals surface area contributed by atoms with Crippen LogP contribution < -0.4 is 5.32 Å². The van der Waals surface area contributed by atoms with Crippen molar-refractivity contribution >= 4 is 6.01 Å². The maximum atomic E-state index is 5.05. The standard InChI is InChI=1S/C8H12N2O.C2H6/c1-3-4-5-9-8-10-7(2)6-11-8;1-2/h3-4,6H,5H2,1-2H3,(H,9,10);1-2H3/b4-3+;. The van der Waals surface area contributed by atoms with E-state index in [2.05, 4.69) is 10.3 Å². The molecule has 0 radical (unpaired) electrons. The Hall–Kier alpha value is -1.25. The summed E-state index contributed by atoms with van der Waals surface area (Å²) in [5.74, 6) is 0. The zero-order chi connectivity index (χ0) is 10.1. The first-order valence-corrected chi connectivity index (χ1v) is 4.60. The lowest BCUT2D eigenvalue weighted by atomic mass is 10.5. The van der Waals surface area contributed by atoms with Crippen molar-refractivity contribution in [3.8, 4) is 0 Å². The van der Waals surface area contributed by atoms with E-state index in [4.69, 9.17) is 4.42 Å². The van der Waals surface area contributed by atoms with E-state index in [0.29, 0.717) is 6.01 Å².